The molecule has 1 aliphatic rings. The van der Waals surface area contributed by atoms with Gasteiger partial charge in [0.25, 0.3) is 5.91 Å². The van der Waals surface area contributed by atoms with Crippen LogP contribution in [0.15, 0.2) is 42.7 Å². The van der Waals surface area contributed by atoms with E-state index < -0.39 is 0 Å². The number of ether oxygens (including phenoxy) is 2. The van der Waals surface area contributed by atoms with Crippen LogP contribution < -0.4 is 14.8 Å². The minimum atomic E-state index is -0.349. The Morgan fingerprint density at radius 3 is 2.70 bits per heavy atom. The van der Waals surface area contributed by atoms with Gasteiger partial charge in [0.05, 0.1) is 12.6 Å². The lowest BCUT2D eigenvalue weighted by molar-refractivity contribution is -0.125. The third-order valence-corrected chi connectivity index (χ3v) is 4.97. The van der Waals surface area contributed by atoms with Gasteiger partial charge >= 0.3 is 0 Å². The number of carbonyl (C=O) groups excluding carboxylic acids is 1. The van der Waals surface area contributed by atoms with E-state index in [-0.39, 0.29) is 18.1 Å². The van der Waals surface area contributed by atoms with Crippen molar-refractivity contribution >= 4 is 11.6 Å². The Morgan fingerprint density at radius 2 is 1.96 bits per heavy atom. The smallest absolute Gasteiger partial charge is 0.258 e. The molecule has 8 nitrogen and oxygen atoms in total. The Bertz CT molecular complexity index is 932. The fourth-order valence-corrected chi connectivity index (χ4v) is 3.60. The third kappa shape index (κ3) is 3.55. The number of rotatable bonds is 6. The van der Waals surface area contributed by atoms with Crippen molar-refractivity contribution in [1.29, 1.82) is 0 Å². The van der Waals surface area contributed by atoms with Crippen LogP contribution in [0.25, 0.3) is 5.65 Å². The Hall–Kier alpha value is -3.16. The molecule has 0 saturated heterocycles. The largest absolute Gasteiger partial charge is 0.497 e. The number of fused-ring (bicyclic) bond motifs is 1. The molecule has 27 heavy (non-hydrogen) atoms. The summed E-state index contributed by atoms with van der Waals surface area (Å²) in [6, 6.07) is 11.3. The molecule has 1 amide bonds. The number of methoxy groups -OCH3 is 1. The molecular weight excluding hydrogens is 346 g/mol. The minimum Gasteiger partial charge on any atom is -0.497 e. The average molecular weight is 367 g/mol. The zero-order chi connectivity index (χ0) is 18.7. The maximum atomic E-state index is 12.6. The van der Waals surface area contributed by atoms with E-state index in [1.807, 2.05) is 24.3 Å². The SMILES string of the molecule is COc1ccc(C2(NC(=O)COc3ccc4nncn4n3)CCCC2)cc1. The highest BCUT2D eigenvalue weighted by molar-refractivity contribution is 5.78. The Kier molecular flexibility index (Phi) is 4.62. The van der Waals surface area contributed by atoms with Gasteiger partial charge in [0, 0.05) is 6.07 Å². The fraction of sp³-hybridized carbons (Fsp3) is 0.368. The summed E-state index contributed by atoms with van der Waals surface area (Å²) < 4.78 is 12.3. The number of aromatic nitrogens is 4. The van der Waals surface area contributed by atoms with E-state index in [4.69, 9.17) is 9.47 Å². The van der Waals surface area contributed by atoms with Crippen LogP contribution in [-0.2, 0) is 10.3 Å². The molecular formula is C19H21N5O3. The van der Waals surface area contributed by atoms with Gasteiger partial charge in [-0.2, -0.15) is 4.52 Å². The molecule has 1 aliphatic carbocycles. The van der Waals surface area contributed by atoms with E-state index in [9.17, 15) is 4.79 Å². The van der Waals surface area contributed by atoms with E-state index in [1.54, 1.807) is 19.2 Å². The van der Waals surface area contributed by atoms with Gasteiger partial charge in [-0.1, -0.05) is 25.0 Å². The van der Waals surface area contributed by atoms with Crippen molar-refractivity contribution in [2.45, 2.75) is 31.2 Å². The lowest BCUT2D eigenvalue weighted by Gasteiger charge is -2.31. The second-order valence-corrected chi connectivity index (χ2v) is 6.66. The van der Waals surface area contributed by atoms with E-state index in [0.717, 1.165) is 37.0 Å². The summed E-state index contributed by atoms with van der Waals surface area (Å²) in [5.41, 5.74) is 1.37. The third-order valence-electron chi connectivity index (χ3n) is 4.97. The topological polar surface area (TPSA) is 90.6 Å². The zero-order valence-electron chi connectivity index (χ0n) is 15.1. The van der Waals surface area contributed by atoms with Crippen LogP contribution in [-0.4, -0.2) is 39.4 Å². The molecule has 1 aromatic carbocycles. The summed E-state index contributed by atoms with van der Waals surface area (Å²) in [4.78, 5) is 12.6. The highest BCUT2D eigenvalue weighted by atomic mass is 16.5. The molecule has 140 valence electrons. The predicted molar refractivity (Wildman–Crippen MR) is 97.6 cm³/mol. The number of hydrogen-bond donors (Lipinski definition) is 1. The molecule has 0 aliphatic heterocycles. The second-order valence-electron chi connectivity index (χ2n) is 6.66. The number of amides is 1. The van der Waals surface area contributed by atoms with Crippen LogP contribution in [0, 0.1) is 0 Å². The average Bonchev–Trinajstić information content (AvgIpc) is 3.36. The molecule has 0 atom stereocenters. The van der Waals surface area contributed by atoms with Crippen molar-refractivity contribution in [2.24, 2.45) is 0 Å². The maximum Gasteiger partial charge on any atom is 0.258 e. The molecule has 0 bridgehead atoms. The first kappa shape index (κ1) is 17.3. The molecule has 0 unspecified atom stereocenters. The fourth-order valence-electron chi connectivity index (χ4n) is 3.60. The Morgan fingerprint density at radius 1 is 1.19 bits per heavy atom. The van der Waals surface area contributed by atoms with Gasteiger partial charge in [-0.05, 0) is 36.6 Å². The monoisotopic (exact) mass is 367 g/mol. The molecule has 0 spiro atoms. The van der Waals surface area contributed by atoms with Gasteiger partial charge in [-0.15, -0.1) is 15.3 Å². The van der Waals surface area contributed by atoms with Gasteiger partial charge in [-0.3, -0.25) is 4.79 Å². The number of carbonyl (C=O) groups is 1. The van der Waals surface area contributed by atoms with Crippen LogP contribution in [0.3, 0.4) is 0 Å². The number of nitrogens with zero attached hydrogens (tertiary/aromatic N) is 4. The van der Waals surface area contributed by atoms with Gasteiger partial charge < -0.3 is 14.8 Å². The van der Waals surface area contributed by atoms with Crippen LogP contribution >= 0.6 is 0 Å². The van der Waals surface area contributed by atoms with E-state index in [1.165, 1.54) is 10.8 Å². The van der Waals surface area contributed by atoms with E-state index in [0.29, 0.717) is 11.5 Å². The molecule has 4 rings (SSSR count). The van der Waals surface area contributed by atoms with Crippen LogP contribution in [0.5, 0.6) is 11.6 Å². The number of benzene rings is 1. The van der Waals surface area contributed by atoms with Gasteiger partial charge in [0.2, 0.25) is 5.88 Å². The lowest BCUT2D eigenvalue weighted by atomic mass is 9.88. The second kappa shape index (κ2) is 7.22. The van der Waals surface area contributed by atoms with Crippen molar-refractivity contribution < 1.29 is 14.3 Å². The Balaban J connectivity index is 1.43. The lowest BCUT2D eigenvalue weighted by Crippen LogP contribution is -2.45. The maximum absolute atomic E-state index is 12.6. The quantitative estimate of drug-likeness (QED) is 0.717. The molecule has 0 radical (unpaired) electrons. The zero-order valence-corrected chi connectivity index (χ0v) is 15.1. The first-order valence-electron chi connectivity index (χ1n) is 8.94. The van der Waals surface area contributed by atoms with Gasteiger partial charge in [-0.25, -0.2) is 0 Å². The van der Waals surface area contributed by atoms with Crippen LogP contribution in [0.4, 0.5) is 0 Å². The standard InChI is InChI=1S/C19H21N5O3/c1-26-15-6-4-14(5-7-15)19(10-2-3-11-19)21-17(25)12-27-18-9-8-16-22-20-13-24(16)23-18/h4-9,13H,2-3,10-12H2,1H3,(H,21,25). The molecule has 2 aromatic heterocycles. The van der Waals surface area contributed by atoms with Crippen molar-refractivity contribution in [3.63, 3.8) is 0 Å². The highest BCUT2D eigenvalue weighted by Gasteiger charge is 2.37. The molecule has 1 fully saturated rings. The van der Waals surface area contributed by atoms with Crippen molar-refractivity contribution in [2.75, 3.05) is 13.7 Å². The molecule has 2 heterocycles. The predicted octanol–water partition coefficient (Wildman–Crippen LogP) is 2.10. The van der Waals surface area contributed by atoms with Gasteiger partial charge in [0.1, 0.15) is 12.1 Å². The number of hydrogen-bond acceptors (Lipinski definition) is 6. The summed E-state index contributed by atoms with van der Waals surface area (Å²) >= 11 is 0. The van der Waals surface area contributed by atoms with Crippen molar-refractivity contribution in [3.05, 3.63) is 48.3 Å². The highest BCUT2D eigenvalue weighted by Crippen LogP contribution is 2.39. The molecule has 1 N–H and O–H groups in total. The van der Waals surface area contributed by atoms with Gasteiger partial charge in [0.15, 0.2) is 12.3 Å². The minimum absolute atomic E-state index is 0.0987. The first-order chi connectivity index (χ1) is 13.2. The van der Waals surface area contributed by atoms with E-state index in [2.05, 4.69) is 20.6 Å². The molecule has 1 saturated carbocycles. The summed E-state index contributed by atoms with van der Waals surface area (Å²) in [5.74, 6) is 0.984. The van der Waals surface area contributed by atoms with Crippen LogP contribution in [0.1, 0.15) is 31.2 Å². The number of nitrogens with one attached hydrogen (secondary N) is 1. The van der Waals surface area contributed by atoms with Crippen LogP contribution in [0.2, 0.25) is 0 Å². The summed E-state index contributed by atoms with van der Waals surface area (Å²) in [5, 5.41) is 15.0. The van der Waals surface area contributed by atoms with Crippen molar-refractivity contribution in [3.8, 4) is 11.6 Å². The summed E-state index contributed by atoms with van der Waals surface area (Å²) in [6.45, 7) is -0.0987. The first-order valence-corrected chi connectivity index (χ1v) is 8.94. The molecule has 3 aromatic rings. The normalized spacial score (nSPS) is 15.6. The Labute approximate surface area is 156 Å². The summed E-state index contributed by atoms with van der Waals surface area (Å²) in [7, 11) is 1.64. The van der Waals surface area contributed by atoms with E-state index >= 15 is 0 Å². The van der Waals surface area contributed by atoms with Crippen molar-refractivity contribution in [1.82, 2.24) is 25.1 Å². The molecule has 8 heteroatoms. The summed E-state index contributed by atoms with van der Waals surface area (Å²) in [6.07, 6.45) is 5.48.